The van der Waals surface area contributed by atoms with Crippen LogP contribution in [-0.4, -0.2) is 17.9 Å². The van der Waals surface area contributed by atoms with Crippen molar-refractivity contribution in [2.24, 2.45) is 0 Å². The Kier molecular flexibility index (Phi) is 4.26. The standard InChI is InChI=1S/C5H6F3IO/c6-5(7,8)2-1-4(9)3-10/h1,10H,2-3H2/b4-1+. The van der Waals surface area contributed by atoms with Gasteiger partial charge in [-0.15, -0.1) is 0 Å². The molecule has 0 aromatic heterocycles. The fourth-order valence-corrected chi connectivity index (χ4v) is 0.511. The van der Waals surface area contributed by atoms with Crippen molar-refractivity contribution < 1.29 is 18.3 Å². The van der Waals surface area contributed by atoms with Gasteiger partial charge < -0.3 is 5.11 Å². The first-order valence-corrected chi connectivity index (χ1v) is 3.55. The summed E-state index contributed by atoms with van der Waals surface area (Å²) in [5, 5.41) is 8.29. The van der Waals surface area contributed by atoms with Gasteiger partial charge in [0.2, 0.25) is 0 Å². The Morgan fingerprint density at radius 1 is 1.50 bits per heavy atom. The van der Waals surface area contributed by atoms with E-state index in [1.54, 1.807) is 22.6 Å². The van der Waals surface area contributed by atoms with E-state index in [1.807, 2.05) is 0 Å². The van der Waals surface area contributed by atoms with E-state index in [0.717, 1.165) is 6.08 Å². The summed E-state index contributed by atoms with van der Waals surface area (Å²) in [7, 11) is 0. The molecule has 0 aliphatic rings. The highest BCUT2D eigenvalue weighted by molar-refractivity contribution is 14.1. The maximum atomic E-state index is 11.4. The third-order valence-corrected chi connectivity index (χ3v) is 1.49. The molecule has 60 valence electrons. The first-order valence-electron chi connectivity index (χ1n) is 2.48. The average molecular weight is 266 g/mol. The van der Waals surface area contributed by atoms with Crippen LogP contribution in [-0.2, 0) is 0 Å². The van der Waals surface area contributed by atoms with Gasteiger partial charge in [-0.25, -0.2) is 0 Å². The highest BCUT2D eigenvalue weighted by Crippen LogP contribution is 2.21. The summed E-state index contributed by atoms with van der Waals surface area (Å²) < 4.78 is 34.6. The van der Waals surface area contributed by atoms with E-state index in [2.05, 4.69) is 0 Å². The monoisotopic (exact) mass is 266 g/mol. The second kappa shape index (κ2) is 4.17. The van der Waals surface area contributed by atoms with Gasteiger partial charge >= 0.3 is 6.18 Å². The van der Waals surface area contributed by atoms with Gasteiger partial charge in [0.15, 0.2) is 0 Å². The zero-order chi connectivity index (χ0) is 8.20. The predicted molar refractivity (Wildman–Crippen MR) is 39.9 cm³/mol. The molecule has 0 aromatic rings. The van der Waals surface area contributed by atoms with E-state index in [4.69, 9.17) is 5.11 Å². The number of alkyl halides is 3. The van der Waals surface area contributed by atoms with Gasteiger partial charge in [-0.05, 0) is 22.6 Å². The van der Waals surface area contributed by atoms with Crippen molar-refractivity contribution in [3.05, 3.63) is 9.66 Å². The van der Waals surface area contributed by atoms with Gasteiger partial charge in [-0.3, -0.25) is 0 Å². The third kappa shape index (κ3) is 6.34. The van der Waals surface area contributed by atoms with Crippen molar-refractivity contribution in [2.45, 2.75) is 12.6 Å². The van der Waals surface area contributed by atoms with Gasteiger partial charge in [0, 0.05) is 3.58 Å². The number of aliphatic hydroxyl groups excluding tert-OH is 1. The Labute approximate surface area is 70.1 Å². The summed E-state index contributed by atoms with van der Waals surface area (Å²) in [5.41, 5.74) is 0. The van der Waals surface area contributed by atoms with Crippen LogP contribution in [0.4, 0.5) is 13.2 Å². The Hall–Kier alpha value is 0.220. The molecule has 0 fully saturated rings. The average Bonchev–Trinajstić information content (AvgIpc) is 1.81. The highest BCUT2D eigenvalue weighted by atomic mass is 127. The topological polar surface area (TPSA) is 20.2 Å². The first-order chi connectivity index (χ1) is 4.45. The Bertz CT molecular complexity index is 129. The molecule has 0 heterocycles. The van der Waals surface area contributed by atoms with Gasteiger partial charge in [0.25, 0.3) is 0 Å². The number of aliphatic hydroxyl groups is 1. The largest absolute Gasteiger partial charge is 0.392 e. The maximum Gasteiger partial charge on any atom is 0.392 e. The summed E-state index contributed by atoms with van der Waals surface area (Å²) in [5.74, 6) is 0. The summed E-state index contributed by atoms with van der Waals surface area (Å²) >= 11 is 1.66. The molecule has 0 rings (SSSR count). The van der Waals surface area contributed by atoms with E-state index in [0.29, 0.717) is 3.58 Å². The van der Waals surface area contributed by atoms with Crippen LogP contribution in [0.5, 0.6) is 0 Å². The van der Waals surface area contributed by atoms with E-state index in [-0.39, 0.29) is 6.61 Å². The minimum absolute atomic E-state index is 0.315. The first kappa shape index (κ1) is 10.2. The molecule has 0 aliphatic carbocycles. The molecule has 0 atom stereocenters. The van der Waals surface area contributed by atoms with Crippen molar-refractivity contribution in [3.63, 3.8) is 0 Å². The van der Waals surface area contributed by atoms with Crippen LogP contribution in [0, 0.1) is 0 Å². The Morgan fingerprint density at radius 3 is 2.30 bits per heavy atom. The number of halogens is 4. The number of hydrogen-bond donors (Lipinski definition) is 1. The van der Waals surface area contributed by atoms with Crippen LogP contribution in [0.3, 0.4) is 0 Å². The number of hydrogen-bond acceptors (Lipinski definition) is 1. The summed E-state index contributed by atoms with van der Waals surface area (Å²) in [4.78, 5) is 0. The molecule has 0 aliphatic heterocycles. The zero-order valence-electron chi connectivity index (χ0n) is 4.95. The van der Waals surface area contributed by atoms with Crippen molar-refractivity contribution >= 4 is 22.6 Å². The molecular weight excluding hydrogens is 260 g/mol. The van der Waals surface area contributed by atoms with E-state index in [1.165, 1.54) is 0 Å². The molecule has 0 spiro atoms. The Balaban J connectivity index is 3.73. The van der Waals surface area contributed by atoms with Crippen LogP contribution in [0.2, 0.25) is 0 Å². The summed E-state index contributed by atoms with van der Waals surface area (Å²) in [6.07, 6.45) is -4.17. The molecule has 0 unspecified atom stereocenters. The molecule has 1 nitrogen and oxygen atoms in total. The molecular formula is C5H6F3IO. The van der Waals surface area contributed by atoms with E-state index >= 15 is 0 Å². The SMILES string of the molecule is OC/C(I)=C\CC(F)(F)F. The maximum absolute atomic E-state index is 11.4. The molecule has 0 saturated carbocycles. The van der Waals surface area contributed by atoms with Crippen molar-refractivity contribution in [1.29, 1.82) is 0 Å². The minimum Gasteiger partial charge on any atom is -0.391 e. The fourth-order valence-electron chi connectivity index (χ4n) is 0.291. The lowest BCUT2D eigenvalue weighted by Crippen LogP contribution is -2.04. The number of rotatable bonds is 2. The summed E-state index contributed by atoms with van der Waals surface area (Å²) in [6, 6.07) is 0. The second-order valence-electron chi connectivity index (χ2n) is 1.63. The molecule has 5 heteroatoms. The Morgan fingerprint density at radius 2 is 2.00 bits per heavy atom. The van der Waals surface area contributed by atoms with E-state index < -0.39 is 12.6 Å². The molecule has 0 amide bonds. The lowest BCUT2D eigenvalue weighted by molar-refractivity contribution is -0.125. The number of allylic oxidation sites excluding steroid dienone is 1. The molecule has 0 aromatic carbocycles. The molecule has 1 N–H and O–H groups in total. The molecule has 0 saturated heterocycles. The minimum atomic E-state index is -4.16. The van der Waals surface area contributed by atoms with Crippen LogP contribution in [0.1, 0.15) is 6.42 Å². The van der Waals surface area contributed by atoms with Crippen LogP contribution in [0.15, 0.2) is 9.66 Å². The van der Waals surface area contributed by atoms with Gasteiger partial charge in [-0.1, -0.05) is 6.08 Å². The molecule has 10 heavy (non-hydrogen) atoms. The van der Waals surface area contributed by atoms with Crippen LogP contribution >= 0.6 is 22.6 Å². The second-order valence-corrected chi connectivity index (χ2v) is 3.01. The quantitative estimate of drug-likeness (QED) is 0.760. The molecule has 0 radical (unpaired) electrons. The third-order valence-electron chi connectivity index (χ3n) is 0.706. The fraction of sp³-hybridized carbons (Fsp3) is 0.600. The van der Waals surface area contributed by atoms with Gasteiger partial charge in [-0.2, -0.15) is 13.2 Å². The van der Waals surface area contributed by atoms with Crippen molar-refractivity contribution in [2.75, 3.05) is 6.61 Å². The smallest absolute Gasteiger partial charge is 0.391 e. The predicted octanol–water partition coefficient (Wildman–Crippen LogP) is 2.25. The zero-order valence-corrected chi connectivity index (χ0v) is 7.11. The van der Waals surface area contributed by atoms with Crippen LogP contribution < -0.4 is 0 Å². The highest BCUT2D eigenvalue weighted by Gasteiger charge is 2.24. The normalized spacial score (nSPS) is 13.9. The van der Waals surface area contributed by atoms with Gasteiger partial charge in [0.05, 0.1) is 13.0 Å². The lowest BCUT2D eigenvalue weighted by Gasteiger charge is -2.00. The van der Waals surface area contributed by atoms with E-state index in [9.17, 15) is 13.2 Å². The van der Waals surface area contributed by atoms with Gasteiger partial charge in [0.1, 0.15) is 0 Å². The summed E-state index contributed by atoms with van der Waals surface area (Å²) in [6.45, 7) is -0.323. The molecule has 0 bridgehead atoms. The van der Waals surface area contributed by atoms with Crippen LogP contribution in [0.25, 0.3) is 0 Å². The lowest BCUT2D eigenvalue weighted by atomic mass is 10.4. The van der Waals surface area contributed by atoms with Crippen molar-refractivity contribution in [3.8, 4) is 0 Å². The van der Waals surface area contributed by atoms with Crippen molar-refractivity contribution in [1.82, 2.24) is 0 Å².